The molecule has 1 N–H and O–H groups in total. The fraction of sp³-hybridized carbons (Fsp3) is 0.238. The Kier molecular flexibility index (Phi) is 5.54. The van der Waals surface area contributed by atoms with Gasteiger partial charge >= 0.3 is 0 Å². The molecule has 0 saturated heterocycles. The van der Waals surface area contributed by atoms with Gasteiger partial charge in [0, 0.05) is 24.4 Å². The van der Waals surface area contributed by atoms with E-state index in [0.717, 1.165) is 0 Å². The molecule has 0 spiro atoms. The zero-order valence-electron chi connectivity index (χ0n) is 16.2. The Morgan fingerprint density at radius 2 is 1.50 bits per heavy atom. The fourth-order valence-electron chi connectivity index (χ4n) is 3.15. The highest BCUT2D eigenvalue weighted by Gasteiger charge is 2.38. The highest BCUT2D eigenvalue weighted by atomic mass is 16.5. The van der Waals surface area contributed by atoms with E-state index in [-0.39, 0.29) is 24.1 Å². The Morgan fingerprint density at radius 3 is 2.00 bits per heavy atom. The number of nitrogens with one attached hydrogen (secondary N) is 1. The van der Waals surface area contributed by atoms with Crippen molar-refractivity contribution in [2.45, 2.75) is 6.92 Å². The molecule has 28 heavy (non-hydrogen) atoms. The maximum Gasteiger partial charge on any atom is 0.278 e. The van der Waals surface area contributed by atoms with Crippen LogP contribution in [0.5, 0.6) is 17.2 Å². The lowest BCUT2D eigenvalue weighted by Crippen LogP contribution is -2.32. The van der Waals surface area contributed by atoms with Gasteiger partial charge in [-0.2, -0.15) is 0 Å². The summed E-state index contributed by atoms with van der Waals surface area (Å²) in [6.07, 6.45) is 0. The summed E-state index contributed by atoms with van der Waals surface area (Å²) in [5, 5.41) is 3.09. The van der Waals surface area contributed by atoms with Crippen LogP contribution in [0, 0.1) is 0 Å². The summed E-state index contributed by atoms with van der Waals surface area (Å²) >= 11 is 0. The SMILES string of the molecule is CCN1C(=O)C(Nc2cc(OC)c(OC)c(OC)c2)=C(c2ccccc2)C1=O. The Labute approximate surface area is 163 Å². The molecular formula is C21H22N2O5. The summed E-state index contributed by atoms with van der Waals surface area (Å²) in [5.41, 5.74) is 1.76. The van der Waals surface area contributed by atoms with Crippen molar-refractivity contribution in [1.29, 1.82) is 0 Å². The van der Waals surface area contributed by atoms with Gasteiger partial charge in [0.15, 0.2) is 11.5 Å². The molecule has 1 aliphatic heterocycles. The Balaban J connectivity index is 2.11. The second-order valence-electron chi connectivity index (χ2n) is 6.01. The molecular weight excluding hydrogens is 360 g/mol. The van der Waals surface area contributed by atoms with Crippen LogP contribution in [0.2, 0.25) is 0 Å². The minimum absolute atomic E-state index is 0.215. The van der Waals surface area contributed by atoms with Crippen LogP contribution in [-0.4, -0.2) is 44.6 Å². The zero-order chi connectivity index (χ0) is 20.3. The number of imide groups is 1. The number of carbonyl (C=O) groups excluding carboxylic acids is 2. The standard InChI is InChI=1S/C21H22N2O5/c1-5-23-20(24)17(13-9-7-6-8-10-13)18(21(23)25)22-14-11-15(26-2)19(28-4)16(12-14)27-3/h6-12,22H,5H2,1-4H3. The van der Waals surface area contributed by atoms with E-state index in [9.17, 15) is 9.59 Å². The van der Waals surface area contributed by atoms with Crippen LogP contribution in [0.1, 0.15) is 12.5 Å². The van der Waals surface area contributed by atoms with Crippen LogP contribution in [0.25, 0.3) is 5.57 Å². The molecule has 1 aliphatic rings. The van der Waals surface area contributed by atoms with E-state index in [1.807, 2.05) is 18.2 Å². The minimum Gasteiger partial charge on any atom is -0.493 e. The molecule has 1 heterocycles. The Morgan fingerprint density at radius 1 is 0.893 bits per heavy atom. The molecule has 3 rings (SSSR count). The fourth-order valence-corrected chi connectivity index (χ4v) is 3.15. The number of amides is 2. The van der Waals surface area contributed by atoms with E-state index in [1.165, 1.54) is 26.2 Å². The first-order valence-electron chi connectivity index (χ1n) is 8.78. The summed E-state index contributed by atoms with van der Waals surface area (Å²) in [7, 11) is 4.54. The predicted octanol–water partition coefficient (Wildman–Crippen LogP) is 2.92. The lowest BCUT2D eigenvalue weighted by Gasteiger charge is -2.16. The van der Waals surface area contributed by atoms with E-state index in [1.54, 1.807) is 31.2 Å². The quantitative estimate of drug-likeness (QED) is 0.742. The van der Waals surface area contributed by atoms with Gasteiger partial charge in [-0.3, -0.25) is 14.5 Å². The number of hydrogen-bond acceptors (Lipinski definition) is 6. The average Bonchev–Trinajstić information content (AvgIpc) is 2.96. The topological polar surface area (TPSA) is 77.1 Å². The highest BCUT2D eigenvalue weighted by Crippen LogP contribution is 2.41. The van der Waals surface area contributed by atoms with Crippen LogP contribution >= 0.6 is 0 Å². The van der Waals surface area contributed by atoms with Crippen LogP contribution in [-0.2, 0) is 9.59 Å². The minimum atomic E-state index is -0.375. The molecule has 0 fully saturated rings. The first-order valence-corrected chi connectivity index (χ1v) is 8.78. The molecule has 7 nitrogen and oxygen atoms in total. The number of carbonyl (C=O) groups is 2. The van der Waals surface area contributed by atoms with Crippen molar-refractivity contribution in [2.75, 3.05) is 33.2 Å². The Hall–Kier alpha value is -3.48. The number of rotatable bonds is 7. The molecule has 0 aromatic heterocycles. The van der Waals surface area contributed by atoms with Crippen LogP contribution in [0.3, 0.4) is 0 Å². The Bertz CT molecular complexity index is 912. The third-order valence-electron chi connectivity index (χ3n) is 4.48. The second-order valence-corrected chi connectivity index (χ2v) is 6.01. The van der Waals surface area contributed by atoms with E-state index >= 15 is 0 Å². The third kappa shape index (κ3) is 3.26. The van der Waals surface area contributed by atoms with Gasteiger partial charge in [-0.05, 0) is 12.5 Å². The van der Waals surface area contributed by atoms with Gasteiger partial charge < -0.3 is 19.5 Å². The molecule has 2 aromatic carbocycles. The summed E-state index contributed by atoms with van der Waals surface area (Å²) in [4.78, 5) is 26.9. The average molecular weight is 382 g/mol. The smallest absolute Gasteiger partial charge is 0.278 e. The molecule has 0 unspecified atom stereocenters. The molecule has 0 atom stereocenters. The first-order chi connectivity index (χ1) is 13.5. The van der Waals surface area contributed by atoms with Crippen molar-refractivity contribution in [1.82, 2.24) is 4.90 Å². The summed E-state index contributed by atoms with van der Waals surface area (Å²) in [6, 6.07) is 12.5. The number of methoxy groups -OCH3 is 3. The van der Waals surface area contributed by atoms with Crippen molar-refractivity contribution < 1.29 is 23.8 Å². The summed E-state index contributed by atoms with van der Waals surface area (Å²) in [6.45, 7) is 2.05. The van der Waals surface area contributed by atoms with Crippen molar-refractivity contribution >= 4 is 23.1 Å². The van der Waals surface area contributed by atoms with Gasteiger partial charge in [0.1, 0.15) is 5.70 Å². The number of likely N-dealkylation sites (N-methyl/N-ethyl adjacent to an activating group) is 1. The van der Waals surface area contributed by atoms with E-state index in [2.05, 4.69) is 5.32 Å². The van der Waals surface area contributed by atoms with Gasteiger partial charge in [0.05, 0.1) is 26.9 Å². The van der Waals surface area contributed by atoms with Crippen molar-refractivity contribution in [2.24, 2.45) is 0 Å². The second kappa shape index (κ2) is 8.04. The number of anilines is 1. The molecule has 2 amide bonds. The maximum atomic E-state index is 12.9. The predicted molar refractivity (Wildman–Crippen MR) is 105 cm³/mol. The van der Waals surface area contributed by atoms with Crippen molar-refractivity contribution in [3.05, 3.63) is 53.7 Å². The molecule has 0 bridgehead atoms. The number of hydrogen-bond donors (Lipinski definition) is 1. The van der Waals surface area contributed by atoms with Gasteiger partial charge in [-0.25, -0.2) is 0 Å². The van der Waals surface area contributed by atoms with E-state index < -0.39 is 0 Å². The number of ether oxygens (including phenoxy) is 3. The molecule has 146 valence electrons. The molecule has 7 heteroatoms. The monoisotopic (exact) mass is 382 g/mol. The number of nitrogens with zero attached hydrogens (tertiary/aromatic N) is 1. The van der Waals surface area contributed by atoms with Crippen LogP contribution < -0.4 is 19.5 Å². The van der Waals surface area contributed by atoms with Crippen molar-refractivity contribution in [3.63, 3.8) is 0 Å². The van der Waals surface area contributed by atoms with Gasteiger partial charge in [0.2, 0.25) is 5.75 Å². The van der Waals surface area contributed by atoms with E-state index in [4.69, 9.17) is 14.2 Å². The summed E-state index contributed by atoms with van der Waals surface area (Å²) in [5.74, 6) is 0.622. The molecule has 0 radical (unpaired) electrons. The normalized spacial score (nSPS) is 13.8. The van der Waals surface area contributed by atoms with Gasteiger partial charge in [0.25, 0.3) is 11.8 Å². The lowest BCUT2D eigenvalue weighted by molar-refractivity contribution is -0.136. The van der Waals surface area contributed by atoms with Gasteiger partial charge in [-0.15, -0.1) is 0 Å². The molecule has 0 saturated carbocycles. The van der Waals surface area contributed by atoms with Crippen LogP contribution in [0.15, 0.2) is 48.2 Å². The maximum absolute atomic E-state index is 12.9. The molecule has 2 aromatic rings. The number of benzene rings is 2. The zero-order valence-corrected chi connectivity index (χ0v) is 16.2. The summed E-state index contributed by atoms with van der Waals surface area (Å²) < 4.78 is 16.1. The lowest BCUT2D eigenvalue weighted by atomic mass is 10.0. The largest absolute Gasteiger partial charge is 0.493 e. The van der Waals surface area contributed by atoms with E-state index in [0.29, 0.717) is 34.1 Å². The van der Waals surface area contributed by atoms with Crippen molar-refractivity contribution in [3.8, 4) is 17.2 Å². The van der Waals surface area contributed by atoms with Crippen LogP contribution in [0.4, 0.5) is 5.69 Å². The van der Waals surface area contributed by atoms with Gasteiger partial charge in [-0.1, -0.05) is 30.3 Å². The highest BCUT2D eigenvalue weighted by molar-refractivity contribution is 6.36. The first kappa shape index (κ1) is 19.3. The third-order valence-corrected chi connectivity index (χ3v) is 4.48. The molecule has 0 aliphatic carbocycles.